The largest absolute Gasteiger partial charge is 0.440 e. The van der Waals surface area contributed by atoms with E-state index in [0.29, 0.717) is 29.7 Å². The monoisotopic (exact) mass is 314 g/mol. The maximum atomic E-state index is 12.5. The highest BCUT2D eigenvalue weighted by Crippen LogP contribution is 2.43. The number of carbonyl (C=O) groups excluding carboxylic acids is 1. The average Bonchev–Trinajstić information content (AvgIpc) is 3.32. The lowest BCUT2D eigenvalue weighted by Crippen LogP contribution is -2.33. The van der Waals surface area contributed by atoms with Gasteiger partial charge in [-0.3, -0.25) is 4.79 Å². The molecule has 1 aromatic heterocycles. The van der Waals surface area contributed by atoms with Gasteiger partial charge in [-0.15, -0.1) is 0 Å². The third-order valence-electron chi connectivity index (χ3n) is 4.01. The molecule has 1 fully saturated rings. The van der Waals surface area contributed by atoms with E-state index in [1.165, 1.54) is 0 Å². The fourth-order valence-electron chi connectivity index (χ4n) is 2.58. The van der Waals surface area contributed by atoms with Gasteiger partial charge in [0.25, 0.3) is 5.91 Å². The predicted octanol–water partition coefficient (Wildman–Crippen LogP) is 3.11. The predicted molar refractivity (Wildman–Crippen MR) is 87.2 cm³/mol. The van der Waals surface area contributed by atoms with Crippen molar-refractivity contribution in [2.24, 2.45) is 0 Å². The first kappa shape index (κ1) is 15.7. The lowest BCUT2D eigenvalue weighted by Gasteiger charge is -2.12. The molecule has 122 valence electrons. The molecule has 0 radical (unpaired) electrons. The molecule has 0 saturated heterocycles. The van der Waals surface area contributed by atoms with E-state index < -0.39 is 0 Å². The summed E-state index contributed by atoms with van der Waals surface area (Å²) < 4.78 is 5.90. The SMILES string of the molecule is CC(CCCO)NC(=O)c1nc(-c2ccccc2)oc1C1CC1. The average molecular weight is 314 g/mol. The maximum Gasteiger partial charge on any atom is 0.273 e. The Hall–Kier alpha value is -2.14. The Morgan fingerprint density at radius 3 is 2.78 bits per heavy atom. The quantitative estimate of drug-likeness (QED) is 0.823. The number of amides is 1. The maximum absolute atomic E-state index is 12.5. The lowest BCUT2D eigenvalue weighted by atomic mass is 10.1. The van der Waals surface area contributed by atoms with Gasteiger partial charge in [0.1, 0.15) is 5.76 Å². The van der Waals surface area contributed by atoms with Crippen LogP contribution in [0.15, 0.2) is 34.7 Å². The molecule has 0 spiro atoms. The van der Waals surface area contributed by atoms with E-state index in [0.717, 1.165) is 24.8 Å². The highest BCUT2D eigenvalue weighted by atomic mass is 16.4. The van der Waals surface area contributed by atoms with Crippen molar-refractivity contribution >= 4 is 5.91 Å². The zero-order chi connectivity index (χ0) is 16.2. The van der Waals surface area contributed by atoms with Crippen molar-refractivity contribution in [3.63, 3.8) is 0 Å². The number of hydrogen-bond acceptors (Lipinski definition) is 4. The number of aromatic nitrogens is 1. The van der Waals surface area contributed by atoms with Crippen LogP contribution in [0.3, 0.4) is 0 Å². The number of rotatable bonds is 7. The van der Waals surface area contributed by atoms with Gasteiger partial charge in [0.15, 0.2) is 5.69 Å². The van der Waals surface area contributed by atoms with Gasteiger partial charge in [0.05, 0.1) is 0 Å². The molecule has 0 aliphatic heterocycles. The van der Waals surface area contributed by atoms with Crippen molar-refractivity contribution < 1.29 is 14.3 Å². The minimum absolute atomic E-state index is 0.00132. The molecule has 23 heavy (non-hydrogen) atoms. The molecule has 1 unspecified atom stereocenters. The van der Waals surface area contributed by atoms with Crippen LogP contribution in [0, 0.1) is 0 Å². The summed E-state index contributed by atoms with van der Waals surface area (Å²) in [5, 5.41) is 11.8. The van der Waals surface area contributed by atoms with Crippen LogP contribution >= 0.6 is 0 Å². The second kappa shape index (κ2) is 6.96. The standard InChI is InChI=1S/C18H22N2O3/c1-12(6-5-11-21)19-17(22)15-16(13-9-10-13)23-18(20-15)14-7-3-2-4-8-14/h2-4,7-8,12-13,21H,5-6,9-11H2,1H3,(H,19,22). The van der Waals surface area contributed by atoms with E-state index in [2.05, 4.69) is 10.3 Å². The highest BCUT2D eigenvalue weighted by Gasteiger charge is 2.34. The van der Waals surface area contributed by atoms with Gasteiger partial charge in [-0.1, -0.05) is 18.2 Å². The number of carbonyl (C=O) groups is 1. The Bertz CT molecular complexity index is 662. The van der Waals surface area contributed by atoms with Gasteiger partial charge < -0.3 is 14.8 Å². The lowest BCUT2D eigenvalue weighted by molar-refractivity contribution is 0.0930. The third-order valence-corrected chi connectivity index (χ3v) is 4.01. The minimum atomic E-state index is -0.191. The van der Waals surface area contributed by atoms with Gasteiger partial charge in [0.2, 0.25) is 5.89 Å². The third kappa shape index (κ3) is 3.79. The van der Waals surface area contributed by atoms with Crippen LogP contribution in [-0.4, -0.2) is 28.6 Å². The summed E-state index contributed by atoms with van der Waals surface area (Å²) >= 11 is 0. The molecule has 2 N–H and O–H groups in total. The summed E-state index contributed by atoms with van der Waals surface area (Å²) in [6.45, 7) is 2.07. The summed E-state index contributed by atoms with van der Waals surface area (Å²) in [5.41, 5.74) is 1.28. The van der Waals surface area contributed by atoms with Gasteiger partial charge in [-0.25, -0.2) is 4.98 Å². The molecular weight excluding hydrogens is 292 g/mol. The smallest absolute Gasteiger partial charge is 0.273 e. The first-order chi connectivity index (χ1) is 11.2. The molecule has 5 heteroatoms. The minimum Gasteiger partial charge on any atom is -0.440 e. The first-order valence-electron chi connectivity index (χ1n) is 8.17. The summed E-state index contributed by atoms with van der Waals surface area (Å²) in [7, 11) is 0. The van der Waals surface area contributed by atoms with Gasteiger partial charge in [0, 0.05) is 24.1 Å². The summed E-state index contributed by atoms with van der Waals surface area (Å²) in [6.07, 6.45) is 3.50. The van der Waals surface area contributed by atoms with Gasteiger partial charge in [-0.2, -0.15) is 0 Å². The topological polar surface area (TPSA) is 75.4 Å². The number of aliphatic hydroxyl groups excluding tert-OH is 1. The summed E-state index contributed by atoms with van der Waals surface area (Å²) in [6, 6.07) is 9.63. The normalized spacial score (nSPS) is 15.4. The van der Waals surface area contributed by atoms with E-state index in [-0.39, 0.29) is 18.6 Å². The Morgan fingerprint density at radius 2 is 2.13 bits per heavy atom. The molecular formula is C18H22N2O3. The van der Waals surface area contributed by atoms with Crippen LogP contribution in [-0.2, 0) is 0 Å². The van der Waals surface area contributed by atoms with Crippen molar-refractivity contribution in [1.82, 2.24) is 10.3 Å². The summed E-state index contributed by atoms with van der Waals surface area (Å²) in [4.78, 5) is 17.0. The fraction of sp³-hybridized carbons (Fsp3) is 0.444. The van der Waals surface area contributed by atoms with E-state index >= 15 is 0 Å². The van der Waals surface area contributed by atoms with Gasteiger partial charge >= 0.3 is 0 Å². The molecule has 1 atom stereocenters. The molecule has 1 saturated carbocycles. The van der Waals surface area contributed by atoms with Crippen LogP contribution in [0.25, 0.3) is 11.5 Å². The van der Waals surface area contributed by atoms with E-state index in [4.69, 9.17) is 9.52 Å². The van der Waals surface area contributed by atoms with E-state index in [9.17, 15) is 4.79 Å². The molecule has 1 heterocycles. The molecule has 1 aliphatic rings. The van der Waals surface area contributed by atoms with Gasteiger partial charge in [-0.05, 0) is 44.7 Å². The fourth-order valence-corrected chi connectivity index (χ4v) is 2.58. The number of hydrogen-bond donors (Lipinski definition) is 2. The zero-order valence-corrected chi connectivity index (χ0v) is 13.3. The molecule has 1 aromatic carbocycles. The second-order valence-electron chi connectivity index (χ2n) is 6.11. The van der Waals surface area contributed by atoms with Crippen LogP contribution < -0.4 is 5.32 Å². The van der Waals surface area contributed by atoms with Crippen molar-refractivity contribution in [1.29, 1.82) is 0 Å². The zero-order valence-electron chi connectivity index (χ0n) is 13.3. The summed E-state index contributed by atoms with van der Waals surface area (Å²) in [5.74, 6) is 1.33. The Morgan fingerprint density at radius 1 is 1.39 bits per heavy atom. The molecule has 2 aromatic rings. The number of oxazole rings is 1. The molecule has 1 aliphatic carbocycles. The molecule has 3 rings (SSSR count). The number of benzene rings is 1. The Kier molecular flexibility index (Phi) is 4.76. The van der Waals surface area contributed by atoms with Crippen LogP contribution in [0.4, 0.5) is 0 Å². The van der Waals surface area contributed by atoms with Crippen molar-refractivity contribution in [2.75, 3.05) is 6.61 Å². The molecule has 1 amide bonds. The van der Waals surface area contributed by atoms with Crippen LogP contribution in [0.1, 0.15) is 54.8 Å². The Labute approximate surface area is 135 Å². The van der Waals surface area contributed by atoms with E-state index in [1.54, 1.807) is 0 Å². The van der Waals surface area contributed by atoms with Crippen LogP contribution in [0.2, 0.25) is 0 Å². The number of aliphatic hydroxyl groups is 1. The molecule has 0 bridgehead atoms. The van der Waals surface area contributed by atoms with Crippen molar-refractivity contribution in [3.8, 4) is 11.5 Å². The first-order valence-corrected chi connectivity index (χ1v) is 8.17. The molecule has 5 nitrogen and oxygen atoms in total. The van der Waals surface area contributed by atoms with Crippen molar-refractivity contribution in [3.05, 3.63) is 41.8 Å². The van der Waals surface area contributed by atoms with E-state index in [1.807, 2.05) is 37.3 Å². The Balaban J connectivity index is 1.80. The second-order valence-corrected chi connectivity index (χ2v) is 6.11. The number of nitrogens with one attached hydrogen (secondary N) is 1. The number of nitrogens with zero attached hydrogens (tertiary/aromatic N) is 1. The van der Waals surface area contributed by atoms with Crippen LogP contribution in [0.5, 0.6) is 0 Å². The highest BCUT2D eigenvalue weighted by molar-refractivity contribution is 5.94. The van der Waals surface area contributed by atoms with Crippen molar-refractivity contribution in [2.45, 2.75) is 44.6 Å².